The third-order valence-corrected chi connectivity index (χ3v) is 4.66. The van der Waals surface area contributed by atoms with Gasteiger partial charge in [0.2, 0.25) is 5.91 Å². The number of hydrogen-bond donors (Lipinski definition) is 2. The molecule has 0 aliphatic carbocycles. The summed E-state index contributed by atoms with van der Waals surface area (Å²) in [5.74, 6) is -0.216. The Morgan fingerprint density at radius 3 is 2.96 bits per heavy atom. The number of rotatable bonds is 8. The molecule has 2 N–H and O–H groups in total. The summed E-state index contributed by atoms with van der Waals surface area (Å²) >= 11 is 7.24. The molecule has 2 aromatic rings. The number of carbonyl (C=O) groups excluding carboxylic acids is 1. The summed E-state index contributed by atoms with van der Waals surface area (Å²) in [4.78, 5) is 24.1. The average molecular weight is 371 g/mol. The van der Waals surface area contributed by atoms with E-state index in [4.69, 9.17) is 16.3 Å². The van der Waals surface area contributed by atoms with Gasteiger partial charge in [-0.2, -0.15) is 0 Å². The summed E-state index contributed by atoms with van der Waals surface area (Å²) < 4.78 is 6.49. The molecule has 0 fully saturated rings. The van der Waals surface area contributed by atoms with E-state index in [0.717, 1.165) is 0 Å². The van der Waals surface area contributed by atoms with Crippen molar-refractivity contribution in [3.8, 4) is 0 Å². The van der Waals surface area contributed by atoms with E-state index in [1.54, 1.807) is 38.3 Å². The highest BCUT2D eigenvalue weighted by molar-refractivity contribution is 8.00. The molecule has 0 aliphatic rings. The van der Waals surface area contributed by atoms with Gasteiger partial charge in [0, 0.05) is 20.3 Å². The van der Waals surface area contributed by atoms with Gasteiger partial charge in [0.15, 0.2) is 5.16 Å². The van der Waals surface area contributed by atoms with Gasteiger partial charge in [-0.05, 0) is 25.5 Å². The van der Waals surface area contributed by atoms with Crippen LogP contribution in [0.2, 0.25) is 5.02 Å². The summed E-state index contributed by atoms with van der Waals surface area (Å²) in [5, 5.41) is 9.66. The molecule has 9 heteroatoms. The van der Waals surface area contributed by atoms with Gasteiger partial charge in [0.25, 0.3) is 0 Å². The molecule has 0 saturated carbocycles. The van der Waals surface area contributed by atoms with Gasteiger partial charge < -0.3 is 10.1 Å². The molecule has 1 aromatic heterocycles. The van der Waals surface area contributed by atoms with Crippen molar-refractivity contribution in [2.45, 2.75) is 30.3 Å². The fraction of sp³-hybridized carbons (Fsp3) is 0.400. The van der Waals surface area contributed by atoms with E-state index in [2.05, 4.69) is 15.5 Å². The number of para-hydroxylation sites is 1. The maximum absolute atomic E-state index is 12.3. The predicted octanol–water partition coefficient (Wildman–Crippen LogP) is 2.38. The van der Waals surface area contributed by atoms with Crippen molar-refractivity contribution in [3.63, 3.8) is 0 Å². The quantitative estimate of drug-likeness (QED) is 0.550. The number of methoxy groups -OCH3 is 1. The fourth-order valence-corrected chi connectivity index (χ4v) is 3.03. The summed E-state index contributed by atoms with van der Waals surface area (Å²) in [7, 11) is 1.61. The van der Waals surface area contributed by atoms with Gasteiger partial charge in [-0.25, -0.2) is 9.89 Å². The van der Waals surface area contributed by atoms with E-state index >= 15 is 0 Å². The monoisotopic (exact) mass is 370 g/mol. The van der Waals surface area contributed by atoms with Gasteiger partial charge in [-0.3, -0.25) is 9.36 Å². The Bertz CT molecular complexity index is 746. The second-order valence-corrected chi connectivity index (χ2v) is 6.75. The summed E-state index contributed by atoms with van der Waals surface area (Å²) in [6, 6.07) is 7.02. The van der Waals surface area contributed by atoms with Crippen LogP contribution in [0.3, 0.4) is 0 Å². The number of thioether (sulfide) groups is 1. The minimum atomic E-state index is -0.447. The van der Waals surface area contributed by atoms with Crippen LogP contribution in [0.1, 0.15) is 13.3 Å². The van der Waals surface area contributed by atoms with Crippen LogP contribution < -0.4 is 11.0 Å². The molecule has 2 rings (SSSR count). The van der Waals surface area contributed by atoms with E-state index < -0.39 is 5.25 Å². The zero-order valence-corrected chi connectivity index (χ0v) is 15.0. The second-order valence-electron chi connectivity index (χ2n) is 5.04. The zero-order chi connectivity index (χ0) is 17.5. The van der Waals surface area contributed by atoms with E-state index in [1.807, 2.05) is 0 Å². The molecule has 0 bridgehead atoms. The average Bonchev–Trinajstić information content (AvgIpc) is 2.90. The Morgan fingerprint density at radius 2 is 2.25 bits per heavy atom. The number of aromatic nitrogens is 3. The molecule has 130 valence electrons. The Labute approximate surface area is 148 Å². The first-order chi connectivity index (χ1) is 11.5. The van der Waals surface area contributed by atoms with Crippen molar-refractivity contribution in [2.24, 2.45) is 0 Å². The maximum atomic E-state index is 12.3. The summed E-state index contributed by atoms with van der Waals surface area (Å²) in [6.07, 6.45) is 0.684. The summed E-state index contributed by atoms with van der Waals surface area (Å²) in [5.41, 5.74) is 0.253. The number of benzene rings is 1. The molecule has 1 amide bonds. The van der Waals surface area contributed by atoms with Crippen LogP contribution in [-0.4, -0.2) is 39.6 Å². The normalized spacial score (nSPS) is 12.1. The largest absolute Gasteiger partial charge is 0.385 e. The van der Waals surface area contributed by atoms with Crippen LogP contribution in [0.4, 0.5) is 5.69 Å². The number of aromatic amines is 1. The first kappa shape index (κ1) is 18.6. The first-order valence-corrected chi connectivity index (χ1v) is 8.65. The SMILES string of the molecule is COCCCn1c(S[C@@H](C)C(=O)Nc2ccccc2Cl)n[nH]c1=O. The Kier molecular flexibility index (Phi) is 6.89. The standard InChI is InChI=1S/C15H19ClN4O3S/c1-10(13(21)17-12-7-4-3-6-11(12)16)24-15-19-18-14(22)20(15)8-5-9-23-2/h3-4,6-7,10H,5,8-9H2,1-2H3,(H,17,21)(H,18,22)/t10-/m0/s1. The lowest BCUT2D eigenvalue weighted by Crippen LogP contribution is -2.24. The Hall–Kier alpha value is -1.77. The lowest BCUT2D eigenvalue weighted by Gasteiger charge is -2.13. The number of amides is 1. The molecule has 1 atom stereocenters. The fourth-order valence-electron chi connectivity index (χ4n) is 1.97. The van der Waals surface area contributed by atoms with Crippen molar-refractivity contribution in [2.75, 3.05) is 19.0 Å². The molecule has 0 aliphatic heterocycles. The van der Waals surface area contributed by atoms with Crippen molar-refractivity contribution >= 4 is 35.0 Å². The third kappa shape index (κ3) is 4.86. The van der Waals surface area contributed by atoms with Gasteiger partial charge >= 0.3 is 5.69 Å². The number of H-pyrrole nitrogens is 1. The molecular weight excluding hydrogens is 352 g/mol. The van der Waals surface area contributed by atoms with Crippen LogP contribution in [-0.2, 0) is 16.1 Å². The van der Waals surface area contributed by atoms with Crippen LogP contribution in [0.25, 0.3) is 0 Å². The number of halogens is 1. The van der Waals surface area contributed by atoms with Crippen LogP contribution in [0.15, 0.2) is 34.2 Å². The first-order valence-electron chi connectivity index (χ1n) is 7.39. The van der Waals surface area contributed by atoms with E-state index in [9.17, 15) is 9.59 Å². The van der Waals surface area contributed by atoms with Gasteiger partial charge in [-0.15, -0.1) is 5.10 Å². The molecule has 0 spiro atoms. The highest BCUT2D eigenvalue weighted by Crippen LogP contribution is 2.24. The van der Waals surface area contributed by atoms with Crippen molar-refractivity contribution in [1.29, 1.82) is 0 Å². The minimum Gasteiger partial charge on any atom is -0.385 e. The molecule has 0 saturated heterocycles. The van der Waals surface area contributed by atoms with Gasteiger partial charge in [0.1, 0.15) is 0 Å². The minimum absolute atomic E-state index is 0.216. The Balaban J connectivity index is 2.01. The van der Waals surface area contributed by atoms with Crippen molar-refractivity contribution in [3.05, 3.63) is 39.8 Å². The molecule has 1 aromatic carbocycles. The molecular formula is C15H19ClN4O3S. The third-order valence-electron chi connectivity index (χ3n) is 3.24. The number of anilines is 1. The summed E-state index contributed by atoms with van der Waals surface area (Å²) in [6.45, 7) is 2.77. The zero-order valence-electron chi connectivity index (χ0n) is 13.4. The van der Waals surface area contributed by atoms with E-state index in [0.29, 0.717) is 35.4 Å². The number of nitrogens with zero attached hydrogens (tertiary/aromatic N) is 2. The number of hydrogen-bond acceptors (Lipinski definition) is 5. The van der Waals surface area contributed by atoms with Gasteiger partial charge in [0.05, 0.1) is 16.0 Å². The Morgan fingerprint density at radius 1 is 1.50 bits per heavy atom. The second kappa shape index (κ2) is 8.91. The number of carbonyl (C=O) groups is 1. The topological polar surface area (TPSA) is 89.0 Å². The molecule has 0 radical (unpaired) electrons. The van der Waals surface area contributed by atoms with E-state index in [-0.39, 0.29) is 11.6 Å². The smallest absolute Gasteiger partial charge is 0.343 e. The molecule has 7 nitrogen and oxygen atoms in total. The van der Waals surface area contributed by atoms with E-state index in [1.165, 1.54) is 16.3 Å². The number of ether oxygens (including phenoxy) is 1. The maximum Gasteiger partial charge on any atom is 0.343 e. The molecule has 0 unspecified atom stereocenters. The lowest BCUT2D eigenvalue weighted by atomic mass is 10.3. The van der Waals surface area contributed by atoms with Crippen LogP contribution in [0, 0.1) is 0 Å². The van der Waals surface area contributed by atoms with Crippen molar-refractivity contribution < 1.29 is 9.53 Å². The lowest BCUT2D eigenvalue weighted by molar-refractivity contribution is -0.115. The highest BCUT2D eigenvalue weighted by atomic mass is 35.5. The van der Waals surface area contributed by atoms with Crippen LogP contribution in [0.5, 0.6) is 0 Å². The molecule has 1 heterocycles. The predicted molar refractivity (Wildman–Crippen MR) is 94.7 cm³/mol. The highest BCUT2D eigenvalue weighted by Gasteiger charge is 2.19. The van der Waals surface area contributed by atoms with Crippen molar-refractivity contribution in [1.82, 2.24) is 14.8 Å². The molecule has 24 heavy (non-hydrogen) atoms. The van der Waals surface area contributed by atoms with Crippen LogP contribution >= 0.6 is 23.4 Å². The van der Waals surface area contributed by atoms with Gasteiger partial charge in [-0.1, -0.05) is 35.5 Å². The number of nitrogens with one attached hydrogen (secondary N) is 2.